The largest absolute Gasteiger partial charge is 0.328 e. The van der Waals surface area contributed by atoms with Crippen LogP contribution in [-0.4, -0.2) is 11.0 Å². The van der Waals surface area contributed by atoms with Crippen LogP contribution < -0.4 is 5.73 Å². The molecular formula is C11H17BrN2. The molecule has 0 aliphatic heterocycles. The molecule has 14 heavy (non-hydrogen) atoms. The fourth-order valence-electron chi connectivity index (χ4n) is 1.40. The van der Waals surface area contributed by atoms with Crippen LogP contribution in [0.25, 0.3) is 0 Å². The molecule has 2 N–H and O–H groups in total. The van der Waals surface area contributed by atoms with Crippen molar-refractivity contribution >= 4 is 15.9 Å². The standard InChI is InChI=1S/C11H17BrN2/c1-2-3-10(13)5-7-11-6-4-9(12)8-14-11/h4,6,8,10H,2-3,5,7,13H2,1H3. The summed E-state index contributed by atoms with van der Waals surface area (Å²) in [4.78, 5) is 4.31. The van der Waals surface area contributed by atoms with Crippen molar-refractivity contribution in [1.82, 2.24) is 4.98 Å². The van der Waals surface area contributed by atoms with Gasteiger partial charge in [-0.25, -0.2) is 0 Å². The first-order valence-corrected chi connectivity index (χ1v) is 5.87. The van der Waals surface area contributed by atoms with E-state index in [0.717, 1.165) is 35.8 Å². The second kappa shape index (κ2) is 6.14. The smallest absolute Gasteiger partial charge is 0.0413 e. The van der Waals surface area contributed by atoms with E-state index in [1.807, 2.05) is 18.3 Å². The number of aromatic nitrogens is 1. The van der Waals surface area contributed by atoms with E-state index in [-0.39, 0.29) is 0 Å². The summed E-state index contributed by atoms with van der Waals surface area (Å²) in [5, 5.41) is 0. The lowest BCUT2D eigenvalue weighted by Crippen LogP contribution is -2.20. The Morgan fingerprint density at radius 1 is 1.43 bits per heavy atom. The Labute approximate surface area is 94.0 Å². The first-order valence-electron chi connectivity index (χ1n) is 5.08. The highest BCUT2D eigenvalue weighted by atomic mass is 79.9. The molecule has 0 spiro atoms. The van der Waals surface area contributed by atoms with Gasteiger partial charge in [-0.05, 0) is 47.3 Å². The van der Waals surface area contributed by atoms with Gasteiger partial charge in [-0.2, -0.15) is 0 Å². The van der Waals surface area contributed by atoms with E-state index in [0.29, 0.717) is 6.04 Å². The predicted molar refractivity (Wildman–Crippen MR) is 63.1 cm³/mol. The minimum absolute atomic E-state index is 0.324. The SMILES string of the molecule is CCCC(N)CCc1ccc(Br)cn1. The van der Waals surface area contributed by atoms with Crippen LogP contribution in [0.1, 0.15) is 31.9 Å². The number of aryl methyl sites for hydroxylation is 1. The van der Waals surface area contributed by atoms with Crippen molar-refractivity contribution in [3.05, 3.63) is 28.5 Å². The number of pyridine rings is 1. The molecule has 0 radical (unpaired) electrons. The molecule has 78 valence electrons. The second-order valence-corrected chi connectivity index (χ2v) is 4.47. The zero-order valence-electron chi connectivity index (χ0n) is 8.54. The van der Waals surface area contributed by atoms with Crippen molar-refractivity contribution in [2.75, 3.05) is 0 Å². The number of nitrogens with zero attached hydrogens (tertiary/aromatic N) is 1. The summed E-state index contributed by atoms with van der Waals surface area (Å²) in [6.45, 7) is 2.16. The molecule has 0 aliphatic rings. The van der Waals surface area contributed by atoms with Gasteiger partial charge < -0.3 is 5.73 Å². The Balaban J connectivity index is 2.34. The van der Waals surface area contributed by atoms with E-state index in [4.69, 9.17) is 5.73 Å². The molecule has 1 unspecified atom stereocenters. The third kappa shape index (κ3) is 4.20. The van der Waals surface area contributed by atoms with Gasteiger partial charge in [0.15, 0.2) is 0 Å². The van der Waals surface area contributed by atoms with Crippen LogP contribution in [-0.2, 0) is 6.42 Å². The van der Waals surface area contributed by atoms with Crippen LogP contribution in [0.3, 0.4) is 0 Å². The number of hydrogen-bond acceptors (Lipinski definition) is 2. The highest BCUT2D eigenvalue weighted by Gasteiger charge is 2.02. The van der Waals surface area contributed by atoms with Gasteiger partial charge in [-0.15, -0.1) is 0 Å². The van der Waals surface area contributed by atoms with Crippen molar-refractivity contribution in [2.24, 2.45) is 5.73 Å². The van der Waals surface area contributed by atoms with Crippen molar-refractivity contribution < 1.29 is 0 Å². The Bertz CT molecular complexity index is 258. The average Bonchev–Trinajstić information content (AvgIpc) is 2.17. The average molecular weight is 257 g/mol. The van der Waals surface area contributed by atoms with Crippen LogP contribution in [0.2, 0.25) is 0 Å². The Kier molecular flexibility index (Phi) is 5.12. The number of nitrogens with two attached hydrogens (primary N) is 1. The van der Waals surface area contributed by atoms with Crippen molar-refractivity contribution in [3.8, 4) is 0 Å². The number of rotatable bonds is 5. The highest BCUT2D eigenvalue weighted by Crippen LogP contribution is 2.10. The van der Waals surface area contributed by atoms with Gasteiger partial charge in [0, 0.05) is 22.4 Å². The van der Waals surface area contributed by atoms with E-state index in [2.05, 4.69) is 27.8 Å². The molecule has 1 rings (SSSR count). The maximum Gasteiger partial charge on any atom is 0.0413 e. The van der Waals surface area contributed by atoms with Gasteiger partial charge in [-0.3, -0.25) is 4.98 Å². The van der Waals surface area contributed by atoms with Crippen LogP contribution in [0.4, 0.5) is 0 Å². The third-order valence-corrected chi connectivity index (χ3v) is 2.69. The summed E-state index contributed by atoms with van der Waals surface area (Å²) >= 11 is 3.36. The molecule has 2 nitrogen and oxygen atoms in total. The van der Waals surface area contributed by atoms with Gasteiger partial charge in [0.1, 0.15) is 0 Å². The highest BCUT2D eigenvalue weighted by molar-refractivity contribution is 9.10. The summed E-state index contributed by atoms with van der Waals surface area (Å²) in [6, 6.07) is 4.39. The predicted octanol–water partition coefficient (Wildman–Crippen LogP) is 2.90. The Hall–Kier alpha value is -0.410. The Morgan fingerprint density at radius 2 is 2.21 bits per heavy atom. The van der Waals surface area contributed by atoms with E-state index in [9.17, 15) is 0 Å². The first kappa shape index (κ1) is 11.7. The summed E-state index contributed by atoms with van der Waals surface area (Å²) in [5.74, 6) is 0. The van der Waals surface area contributed by atoms with E-state index < -0.39 is 0 Å². The van der Waals surface area contributed by atoms with Crippen molar-refractivity contribution in [3.63, 3.8) is 0 Å². The molecule has 0 fully saturated rings. The van der Waals surface area contributed by atoms with Crippen molar-refractivity contribution in [1.29, 1.82) is 0 Å². The molecule has 1 aromatic heterocycles. The lowest BCUT2D eigenvalue weighted by atomic mass is 10.1. The second-order valence-electron chi connectivity index (χ2n) is 3.56. The van der Waals surface area contributed by atoms with Crippen LogP contribution in [0.5, 0.6) is 0 Å². The number of halogens is 1. The lowest BCUT2D eigenvalue weighted by Gasteiger charge is -2.09. The molecule has 0 aromatic carbocycles. The minimum atomic E-state index is 0.324. The number of hydrogen-bond donors (Lipinski definition) is 1. The molecule has 1 heterocycles. The summed E-state index contributed by atoms with van der Waals surface area (Å²) < 4.78 is 1.03. The molecule has 1 aromatic rings. The molecular weight excluding hydrogens is 240 g/mol. The van der Waals surface area contributed by atoms with Crippen LogP contribution in [0.15, 0.2) is 22.8 Å². The fourth-order valence-corrected chi connectivity index (χ4v) is 1.64. The molecule has 0 saturated carbocycles. The normalized spacial score (nSPS) is 12.8. The van der Waals surface area contributed by atoms with Gasteiger partial charge in [0.2, 0.25) is 0 Å². The topological polar surface area (TPSA) is 38.9 Å². The summed E-state index contributed by atoms with van der Waals surface area (Å²) in [7, 11) is 0. The summed E-state index contributed by atoms with van der Waals surface area (Å²) in [5.41, 5.74) is 7.05. The minimum Gasteiger partial charge on any atom is -0.328 e. The molecule has 3 heteroatoms. The molecule has 0 bridgehead atoms. The zero-order valence-corrected chi connectivity index (χ0v) is 10.1. The summed E-state index contributed by atoms with van der Waals surface area (Å²) in [6.07, 6.45) is 6.11. The molecule has 1 atom stereocenters. The van der Waals surface area contributed by atoms with Gasteiger partial charge in [0.25, 0.3) is 0 Å². The maximum atomic E-state index is 5.92. The van der Waals surface area contributed by atoms with E-state index in [1.54, 1.807) is 0 Å². The molecule has 0 aliphatic carbocycles. The monoisotopic (exact) mass is 256 g/mol. The van der Waals surface area contributed by atoms with Gasteiger partial charge in [-0.1, -0.05) is 13.3 Å². The Morgan fingerprint density at radius 3 is 2.79 bits per heavy atom. The fraction of sp³-hybridized carbons (Fsp3) is 0.545. The lowest BCUT2D eigenvalue weighted by molar-refractivity contribution is 0.557. The van der Waals surface area contributed by atoms with E-state index in [1.165, 1.54) is 0 Å². The van der Waals surface area contributed by atoms with Crippen LogP contribution in [0, 0.1) is 0 Å². The van der Waals surface area contributed by atoms with Crippen LogP contribution >= 0.6 is 15.9 Å². The maximum absolute atomic E-state index is 5.92. The van der Waals surface area contributed by atoms with Crippen molar-refractivity contribution in [2.45, 2.75) is 38.6 Å². The van der Waals surface area contributed by atoms with Gasteiger partial charge in [0.05, 0.1) is 0 Å². The van der Waals surface area contributed by atoms with E-state index >= 15 is 0 Å². The quantitative estimate of drug-likeness (QED) is 0.880. The molecule has 0 amide bonds. The van der Waals surface area contributed by atoms with Gasteiger partial charge >= 0.3 is 0 Å². The molecule has 0 saturated heterocycles. The first-order chi connectivity index (χ1) is 6.72. The third-order valence-electron chi connectivity index (χ3n) is 2.22. The zero-order chi connectivity index (χ0) is 10.4.